The van der Waals surface area contributed by atoms with Gasteiger partial charge in [0.05, 0.1) is 12.8 Å². The topological polar surface area (TPSA) is 90.5 Å². The largest absolute Gasteiger partial charge is 0.467 e. The zero-order chi connectivity index (χ0) is 19.0. The van der Waals surface area contributed by atoms with Crippen LogP contribution in [0.15, 0.2) is 69.9 Å². The van der Waals surface area contributed by atoms with E-state index in [1.807, 2.05) is 60.7 Å². The van der Waals surface area contributed by atoms with Gasteiger partial charge in [0.25, 0.3) is 0 Å². The first-order valence-corrected chi connectivity index (χ1v) is 8.36. The predicted octanol–water partition coefficient (Wildman–Crippen LogP) is 1.99. The summed E-state index contributed by atoms with van der Waals surface area (Å²) >= 11 is 0. The second-order valence-corrected chi connectivity index (χ2v) is 6.10. The first-order chi connectivity index (χ1) is 13.1. The number of aromatic nitrogens is 1. The Hall–Kier alpha value is -3.61. The lowest BCUT2D eigenvalue weighted by atomic mass is 9.97. The second kappa shape index (κ2) is 6.60. The number of nitrogens with one attached hydrogen (secondary N) is 1. The Morgan fingerprint density at radius 3 is 2.15 bits per heavy atom. The maximum Gasteiger partial charge on any atom is 0.420 e. The third-order valence-electron chi connectivity index (χ3n) is 4.54. The van der Waals surface area contributed by atoms with Gasteiger partial charge < -0.3 is 14.5 Å². The summed E-state index contributed by atoms with van der Waals surface area (Å²) in [4.78, 5) is 36.9. The molecule has 136 valence electrons. The van der Waals surface area contributed by atoms with Gasteiger partial charge in [-0.05, 0) is 0 Å². The minimum atomic E-state index is -1.03. The zero-order valence-corrected chi connectivity index (χ0v) is 14.4. The number of ether oxygens (including phenoxy) is 1. The molecule has 1 N–H and O–H groups in total. The number of hydrogen-bond acceptors (Lipinski definition) is 5. The molecule has 0 spiro atoms. The fourth-order valence-electron chi connectivity index (χ4n) is 3.24. The molecule has 1 amide bonds. The summed E-state index contributed by atoms with van der Waals surface area (Å²) in [5, 5.41) is 2.48. The Morgan fingerprint density at radius 1 is 1.00 bits per heavy atom. The van der Waals surface area contributed by atoms with Gasteiger partial charge in [-0.3, -0.25) is 9.36 Å². The van der Waals surface area contributed by atoms with Crippen LogP contribution in [0.2, 0.25) is 0 Å². The number of oxazole rings is 1. The average molecular weight is 364 g/mol. The van der Waals surface area contributed by atoms with E-state index in [0.29, 0.717) is 22.6 Å². The molecule has 27 heavy (non-hydrogen) atoms. The van der Waals surface area contributed by atoms with Gasteiger partial charge in [-0.2, -0.15) is 0 Å². The number of benzene rings is 2. The monoisotopic (exact) mass is 364 g/mol. The summed E-state index contributed by atoms with van der Waals surface area (Å²) in [5.74, 6) is -1.42. The average Bonchev–Trinajstić information content (AvgIpc) is 3.03. The SMILES string of the molecule is COC(=O)[C@@H]1NC(=O)[C@@H]1n1c(-c2ccccc2)c(-c2ccccc2)oc1=O. The lowest BCUT2D eigenvalue weighted by Gasteiger charge is -2.35. The molecule has 0 unspecified atom stereocenters. The molecular formula is C20H16N2O5. The van der Waals surface area contributed by atoms with Crippen LogP contribution < -0.4 is 11.1 Å². The molecule has 7 heteroatoms. The molecule has 1 aromatic heterocycles. The van der Waals surface area contributed by atoms with E-state index in [0.717, 1.165) is 0 Å². The van der Waals surface area contributed by atoms with Crippen molar-refractivity contribution >= 4 is 11.9 Å². The quantitative estimate of drug-likeness (QED) is 0.565. The van der Waals surface area contributed by atoms with E-state index in [1.54, 1.807) is 0 Å². The molecule has 0 bridgehead atoms. The number of hydrogen-bond donors (Lipinski definition) is 1. The van der Waals surface area contributed by atoms with Crippen LogP contribution in [0.3, 0.4) is 0 Å². The van der Waals surface area contributed by atoms with Crippen LogP contribution in [0.5, 0.6) is 0 Å². The number of carbonyl (C=O) groups excluding carboxylic acids is 2. The van der Waals surface area contributed by atoms with E-state index in [1.165, 1.54) is 11.7 Å². The Morgan fingerprint density at radius 2 is 1.59 bits per heavy atom. The summed E-state index contributed by atoms with van der Waals surface area (Å²) in [6.07, 6.45) is 0. The number of methoxy groups -OCH3 is 1. The minimum absolute atomic E-state index is 0.343. The summed E-state index contributed by atoms with van der Waals surface area (Å²) in [6, 6.07) is 16.3. The maximum absolute atomic E-state index is 12.7. The standard InChI is InChI=1S/C20H16N2O5/c1-26-19(24)14-16(18(23)21-14)22-15(12-8-4-2-5-9-12)17(27-20(22)25)13-10-6-3-7-11-13/h2-11,14,16H,1H3,(H,21,23)/t14-,16-/m1/s1. The van der Waals surface area contributed by atoms with Crippen molar-refractivity contribution in [1.82, 2.24) is 9.88 Å². The van der Waals surface area contributed by atoms with Crippen molar-refractivity contribution in [3.05, 3.63) is 71.2 Å². The third kappa shape index (κ3) is 2.73. The van der Waals surface area contributed by atoms with Gasteiger partial charge in [-0.15, -0.1) is 0 Å². The van der Waals surface area contributed by atoms with E-state index in [2.05, 4.69) is 5.32 Å². The molecule has 2 heterocycles. The fraction of sp³-hybridized carbons (Fsp3) is 0.150. The van der Waals surface area contributed by atoms with Crippen molar-refractivity contribution in [1.29, 1.82) is 0 Å². The van der Waals surface area contributed by atoms with Crippen LogP contribution in [0.4, 0.5) is 0 Å². The molecule has 1 aliphatic heterocycles. The van der Waals surface area contributed by atoms with E-state index in [-0.39, 0.29) is 0 Å². The highest BCUT2D eigenvalue weighted by Crippen LogP contribution is 2.35. The number of esters is 1. The lowest BCUT2D eigenvalue weighted by Crippen LogP contribution is -2.63. The first kappa shape index (κ1) is 16.8. The lowest BCUT2D eigenvalue weighted by molar-refractivity contribution is -0.154. The molecule has 1 aliphatic rings. The normalized spacial score (nSPS) is 18.5. The molecule has 0 radical (unpaired) electrons. The van der Waals surface area contributed by atoms with Crippen LogP contribution in [-0.2, 0) is 14.3 Å². The Balaban J connectivity index is 1.95. The molecule has 1 saturated heterocycles. The Bertz CT molecular complexity index is 1050. The summed E-state index contributed by atoms with van der Waals surface area (Å²) in [5.41, 5.74) is 1.84. The third-order valence-corrected chi connectivity index (χ3v) is 4.54. The van der Waals surface area contributed by atoms with Crippen LogP contribution in [0, 0.1) is 0 Å². The Kier molecular flexibility index (Phi) is 4.12. The van der Waals surface area contributed by atoms with E-state index in [4.69, 9.17) is 9.15 Å². The van der Waals surface area contributed by atoms with E-state index in [9.17, 15) is 14.4 Å². The smallest absolute Gasteiger partial charge is 0.420 e. The highest BCUT2D eigenvalue weighted by atomic mass is 16.5. The number of β-lactam (4-membered cyclic amide) rings is 1. The van der Waals surface area contributed by atoms with Gasteiger partial charge >= 0.3 is 11.7 Å². The number of rotatable bonds is 4. The fourth-order valence-corrected chi connectivity index (χ4v) is 3.24. The van der Waals surface area contributed by atoms with Crippen molar-refractivity contribution in [2.24, 2.45) is 0 Å². The van der Waals surface area contributed by atoms with Gasteiger partial charge in [0.1, 0.15) is 6.04 Å². The molecule has 0 aliphatic carbocycles. The minimum Gasteiger partial charge on any atom is -0.467 e. The highest BCUT2D eigenvalue weighted by Gasteiger charge is 2.49. The predicted molar refractivity (Wildman–Crippen MR) is 96.8 cm³/mol. The maximum atomic E-state index is 12.7. The zero-order valence-electron chi connectivity index (χ0n) is 14.4. The van der Waals surface area contributed by atoms with Crippen LogP contribution in [-0.4, -0.2) is 29.6 Å². The highest BCUT2D eigenvalue weighted by molar-refractivity contribution is 5.99. The number of nitrogens with zero attached hydrogens (tertiary/aromatic N) is 1. The number of amides is 1. The van der Waals surface area contributed by atoms with Gasteiger partial charge in [-0.25, -0.2) is 9.59 Å². The van der Waals surface area contributed by atoms with Crippen molar-refractivity contribution in [2.45, 2.75) is 12.1 Å². The van der Waals surface area contributed by atoms with Gasteiger partial charge in [0, 0.05) is 11.1 Å². The van der Waals surface area contributed by atoms with Crippen molar-refractivity contribution in [2.75, 3.05) is 7.11 Å². The Labute approximate surface area is 154 Å². The molecule has 7 nitrogen and oxygen atoms in total. The van der Waals surface area contributed by atoms with Gasteiger partial charge in [0.2, 0.25) is 5.91 Å². The second-order valence-electron chi connectivity index (χ2n) is 6.10. The molecule has 1 fully saturated rings. The number of carbonyl (C=O) groups is 2. The molecule has 4 rings (SSSR count). The van der Waals surface area contributed by atoms with Crippen molar-refractivity contribution in [3.63, 3.8) is 0 Å². The molecule has 0 saturated carbocycles. The summed E-state index contributed by atoms with van der Waals surface area (Å²) < 4.78 is 11.5. The van der Waals surface area contributed by atoms with Crippen LogP contribution >= 0.6 is 0 Å². The van der Waals surface area contributed by atoms with Crippen molar-refractivity contribution in [3.8, 4) is 22.6 Å². The molecule has 2 atom stereocenters. The van der Waals surface area contributed by atoms with Crippen LogP contribution in [0.1, 0.15) is 6.04 Å². The molecule has 3 aromatic rings. The van der Waals surface area contributed by atoms with Crippen molar-refractivity contribution < 1.29 is 18.7 Å². The van der Waals surface area contributed by atoms with Gasteiger partial charge in [0.15, 0.2) is 11.8 Å². The molecular weight excluding hydrogens is 348 g/mol. The molecule has 2 aromatic carbocycles. The first-order valence-electron chi connectivity index (χ1n) is 8.36. The van der Waals surface area contributed by atoms with E-state index >= 15 is 0 Å². The summed E-state index contributed by atoms with van der Waals surface area (Å²) in [7, 11) is 1.23. The van der Waals surface area contributed by atoms with Crippen LogP contribution in [0.25, 0.3) is 22.6 Å². The van der Waals surface area contributed by atoms with Gasteiger partial charge in [-0.1, -0.05) is 60.7 Å². The van der Waals surface area contributed by atoms with E-state index < -0.39 is 29.7 Å². The summed E-state index contributed by atoms with van der Waals surface area (Å²) in [6.45, 7) is 0.